The van der Waals surface area contributed by atoms with Crippen LogP contribution in [0.1, 0.15) is 56.2 Å². The molecule has 0 atom stereocenters. The number of hydrogen-bond donors (Lipinski definition) is 2. The van der Waals surface area contributed by atoms with Gasteiger partial charge < -0.3 is 14.1 Å². The van der Waals surface area contributed by atoms with Gasteiger partial charge in [-0.05, 0) is 70.3 Å². The Hall–Kier alpha value is -2.80. The molecule has 0 aliphatic carbocycles. The highest BCUT2D eigenvalue weighted by Gasteiger charge is 2.15. The van der Waals surface area contributed by atoms with Gasteiger partial charge in [0.25, 0.3) is 0 Å². The number of benzene rings is 1. The molecule has 168 valence electrons. The molecule has 0 saturated heterocycles. The molecule has 7 nitrogen and oxygen atoms in total. The zero-order chi connectivity index (χ0) is 22.5. The first-order valence-corrected chi connectivity index (χ1v) is 10.9. The zero-order valence-electron chi connectivity index (χ0n) is 19.4. The number of aromatic nitrogens is 2. The van der Waals surface area contributed by atoms with Crippen LogP contribution in [0.3, 0.4) is 0 Å². The van der Waals surface area contributed by atoms with Crippen molar-refractivity contribution in [2.45, 2.75) is 59.5 Å². The molecule has 1 amide bonds. The first-order valence-electron chi connectivity index (χ1n) is 10.9. The van der Waals surface area contributed by atoms with E-state index in [-0.39, 0.29) is 6.10 Å². The second-order valence-electron chi connectivity index (χ2n) is 8.69. The van der Waals surface area contributed by atoms with E-state index in [2.05, 4.69) is 41.3 Å². The fourth-order valence-corrected chi connectivity index (χ4v) is 3.77. The number of nitrogens with one attached hydrogen (secondary N) is 2. The number of H-pyrrole nitrogens is 1. The quantitative estimate of drug-likeness (QED) is 0.487. The Morgan fingerprint density at radius 3 is 2.68 bits per heavy atom. The lowest BCUT2D eigenvalue weighted by Crippen LogP contribution is -2.24. The number of ether oxygens (including phenoxy) is 1. The SMILES string of the molecule is Cc1oc2ccc(NC(=O)OC(C)C)cc2c1CCN(C)CCc1cn[nH]c1C(C)C. The average Bonchev–Trinajstić information content (AvgIpc) is 3.27. The van der Waals surface area contributed by atoms with Crippen LogP contribution in [-0.2, 0) is 17.6 Å². The van der Waals surface area contributed by atoms with Crippen molar-refractivity contribution in [3.63, 3.8) is 0 Å². The Labute approximate surface area is 184 Å². The zero-order valence-corrected chi connectivity index (χ0v) is 19.4. The van der Waals surface area contributed by atoms with Crippen molar-refractivity contribution >= 4 is 22.7 Å². The van der Waals surface area contributed by atoms with Crippen molar-refractivity contribution in [3.8, 4) is 0 Å². The standard InChI is InChI=1S/C24H34N4O3/c1-15(2)23-18(14-25-27-23)9-11-28(6)12-10-20-17(5)31-22-8-7-19(13-21(20)22)26-24(29)30-16(3)4/h7-8,13-16H,9-12H2,1-6H3,(H,25,27)(H,26,29). The van der Waals surface area contributed by atoms with Crippen LogP contribution in [0.4, 0.5) is 10.5 Å². The number of likely N-dealkylation sites (N-methyl/N-ethyl adjacent to an activating group) is 1. The minimum Gasteiger partial charge on any atom is -0.461 e. The summed E-state index contributed by atoms with van der Waals surface area (Å²) in [5.74, 6) is 1.37. The van der Waals surface area contributed by atoms with Crippen molar-refractivity contribution in [1.82, 2.24) is 15.1 Å². The highest BCUT2D eigenvalue weighted by molar-refractivity contribution is 5.91. The van der Waals surface area contributed by atoms with Crippen LogP contribution in [0, 0.1) is 6.92 Å². The van der Waals surface area contributed by atoms with Gasteiger partial charge in [-0.15, -0.1) is 0 Å². The van der Waals surface area contributed by atoms with Gasteiger partial charge >= 0.3 is 6.09 Å². The van der Waals surface area contributed by atoms with E-state index in [1.54, 1.807) is 0 Å². The van der Waals surface area contributed by atoms with Crippen LogP contribution >= 0.6 is 0 Å². The third kappa shape index (κ3) is 5.88. The predicted octanol–water partition coefficient (Wildman–Crippen LogP) is 5.26. The van der Waals surface area contributed by atoms with Crippen molar-refractivity contribution < 1.29 is 13.9 Å². The molecule has 0 fully saturated rings. The fourth-order valence-electron chi connectivity index (χ4n) is 3.77. The summed E-state index contributed by atoms with van der Waals surface area (Å²) in [6, 6.07) is 5.69. The Kier molecular flexibility index (Phi) is 7.38. The summed E-state index contributed by atoms with van der Waals surface area (Å²) >= 11 is 0. The molecule has 3 aromatic rings. The number of carbonyl (C=O) groups is 1. The molecule has 2 heterocycles. The second-order valence-corrected chi connectivity index (χ2v) is 8.69. The Morgan fingerprint density at radius 1 is 1.23 bits per heavy atom. The van der Waals surface area contributed by atoms with E-state index in [1.807, 2.05) is 45.2 Å². The van der Waals surface area contributed by atoms with Crippen LogP contribution in [-0.4, -0.2) is 47.4 Å². The average molecular weight is 427 g/mol. The summed E-state index contributed by atoms with van der Waals surface area (Å²) in [4.78, 5) is 14.3. The van der Waals surface area contributed by atoms with Gasteiger partial charge in [-0.1, -0.05) is 13.8 Å². The Bertz CT molecular complexity index is 1020. The summed E-state index contributed by atoms with van der Waals surface area (Å²) in [6.07, 6.45) is 3.17. The van der Waals surface area contributed by atoms with Crippen molar-refractivity contribution in [1.29, 1.82) is 0 Å². The molecular weight excluding hydrogens is 392 g/mol. The van der Waals surface area contributed by atoms with E-state index in [0.717, 1.165) is 42.7 Å². The van der Waals surface area contributed by atoms with Crippen LogP contribution in [0.2, 0.25) is 0 Å². The minimum absolute atomic E-state index is 0.162. The molecule has 2 N–H and O–H groups in total. The number of aryl methyl sites for hydroxylation is 1. The highest BCUT2D eigenvalue weighted by atomic mass is 16.6. The number of anilines is 1. The van der Waals surface area contributed by atoms with Gasteiger partial charge in [0, 0.05) is 35.4 Å². The van der Waals surface area contributed by atoms with Crippen LogP contribution in [0.5, 0.6) is 0 Å². The van der Waals surface area contributed by atoms with Gasteiger partial charge in [-0.25, -0.2) is 4.79 Å². The molecular formula is C24H34N4O3. The molecule has 7 heteroatoms. The van der Waals surface area contributed by atoms with Crippen LogP contribution in [0.15, 0.2) is 28.8 Å². The van der Waals surface area contributed by atoms with Gasteiger partial charge in [0.15, 0.2) is 0 Å². The third-order valence-corrected chi connectivity index (χ3v) is 5.42. The number of hydrogen-bond acceptors (Lipinski definition) is 5. The summed E-state index contributed by atoms with van der Waals surface area (Å²) in [6.45, 7) is 11.9. The number of rotatable bonds is 9. The lowest BCUT2D eigenvalue weighted by atomic mass is 10.0. The normalized spacial score (nSPS) is 11.8. The Morgan fingerprint density at radius 2 is 1.97 bits per heavy atom. The van der Waals surface area contributed by atoms with Crippen molar-refractivity contribution in [2.75, 3.05) is 25.5 Å². The maximum atomic E-state index is 11.9. The summed E-state index contributed by atoms with van der Waals surface area (Å²) < 4.78 is 11.1. The number of amides is 1. The largest absolute Gasteiger partial charge is 0.461 e. The van der Waals surface area contributed by atoms with Crippen molar-refractivity contribution in [2.24, 2.45) is 0 Å². The van der Waals surface area contributed by atoms with E-state index >= 15 is 0 Å². The van der Waals surface area contributed by atoms with Gasteiger partial charge in [-0.2, -0.15) is 5.10 Å². The lowest BCUT2D eigenvalue weighted by Gasteiger charge is -2.17. The number of furan rings is 1. The van der Waals surface area contributed by atoms with Gasteiger partial charge in [-0.3, -0.25) is 10.4 Å². The maximum Gasteiger partial charge on any atom is 0.411 e. The highest BCUT2D eigenvalue weighted by Crippen LogP contribution is 2.29. The van der Waals surface area contributed by atoms with Crippen LogP contribution in [0.25, 0.3) is 11.0 Å². The molecule has 0 radical (unpaired) electrons. The smallest absolute Gasteiger partial charge is 0.411 e. The summed E-state index contributed by atoms with van der Waals surface area (Å²) in [5.41, 5.74) is 5.22. The fraction of sp³-hybridized carbons (Fsp3) is 0.500. The minimum atomic E-state index is -0.448. The molecule has 0 aliphatic heterocycles. The summed E-state index contributed by atoms with van der Waals surface area (Å²) in [5, 5.41) is 11.2. The van der Waals surface area contributed by atoms with E-state index in [1.165, 1.54) is 16.8 Å². The molecule has 2 aromatic heterocycles. The predicted molar refractivity (Wildman–Crippen MR) is 124 cm³/mol. The molecule has 0 bridgehead atoms. The number of aromatic amines is 1. The monoisotopic (exact) mass is 426 g/mol. The number of fused-ring (bicyclic) bond motifs is 1. The molecule has 0 aliphatic rings. The van der Waals surface area contributed by atoms with Gasteiger partial charge in [0.1, 0.15) is 11.3 Å². The molecule has 1 aromatic carbocycles. The Balaban J connectivity index is 1.63. The first-order chi connectivity index (χ1) is 14.7. The summed E-state index contributed by atoms with van der Waals surface area (Å²) in [7, 11) is 2.14. The van der Waals surface area contributed by atoms with Crippen LogP contribution < -0.4 is 5.32 Å². The number of nitrogens with zero attached hydrogens (tertiary/aromatic N) is 2. The number of carbonyl (C=O) groups excluding carboxylic acids is 1. The molecule has 3 rings (SSSR count). The first kappa shape index (κ1) is 22.9. The van der Waals surface area contributed by atoms with Crippen molar-refractivity contribution in [3.05, 3.63) is 47.0 Å². The van der Waals surface area contributed by atoms with E-state index < -0.39 is 6.09 Å². The molecule has 0 spiro atoms. The van der Waals surface area contributed by atoms with E-state index in [4.69, 9.17) is 9.15 Å². The van der Waals surface area contributed by atoms with E-state index in [9.17, 15) is 4.79 Å². The topological polar surface area (TPSA) is 83.4 Å². The van der Waals surface area contributed by atoms with E-state index in [0.29, 0.717) is 11.6 Å². The van der Waals surface area contributed by atoms with Gasteiger partial charge in [0.2, 0.25) is 0 Å². The second kappa shape index (κ2) is 10.0. The lowest BCUT2D eigenvalue weighted by molar-refractivity contribution is 0.130. The molecule has 0 unspecified atom stereocenters. The molecule has 31 heavy (non-hydrogen) atoms. The third-order valence-electron chi connectivity index (χ3n) is 5.42. The maximum absolute atomic E-state index is 11.9. The molecule has 0 saturated carbocycles. The van der Waals surface area contributed by atoms with Gasteiger partial charge in [0.05, 0.1) is 12.3 Å².